The Labute approximate surface area is 146 Å². The third kappa shape index (κ3) is 4.12. The van der Waals surface area contributed by atoms with Crippen LogP contribution in [-0.2, 0) is 4.74 Å². The molecule has 1 N–H and O–H groups in total. The molecule has 0 radical (unpaired) electrons. The largest absolute Gasteiger partial charge is 0.379 e. The summed E-state index contributed by atoms with van der Waals surface area (Å²) in [5.74, 6) is -0.201. The first-order chi connectivity index (χ1) is 11.6. The molecule has 1 aromatic carbocycles. The molecule has 1 aliphatic rings. The number of halogens is 1. The molecule has 1 unspecified atom stereocenters. The SMILES string of the molecule is CC(c1ccc(NC(=O)c2ccc(Cl)nc2)cc1)N1CCOCC1. The molecule has 3 rings (SSSR count). The topological polar surface area (TPSA) is 54.5 Å². The molecular weight excluding hydrogens is 326 g/mol. The molecule has 1 saturated heterocycles. The highest BCUT2D eigenvalue weighted by molar-refractivity contribution is 6.29. The first-order valence-electron chi connectivity index (χ1n) is 7.98. The fourth-order valence-corrected chi connectivity index (χ4v) is 2.85. The number of hydrogen-bond donors (Lipinski definition) is 1. The second kappa shape index (κ2) is 7.75. The Morgan fingerprint density at radius 2 is 1.92 bits per heavy atom. The molecule has 1 aromatic heterocycles. The maximum atomic E-state index is 12.2. The van der Waals surface area contributed by atoms with E-state index in [9.17, 15) is 4.79 Å². The lowest BCUT2D eigenvalue weighted by atomic mass is 10.1. The van der Waals surface area contributed by atoms with Crippen LogP contribution in [0.4, 0.5) is 5.69 Å². The van der Waals surface area contributed by atoms with Crippen LogP contribution in [0.2, 0.25) is 5.15 Å². The Balaban J connectivity index is 1.63. The highest BCUT2D eigenvalue weighted by Gasteiger charge is 2.18. The van der Waals surface area contributed by atoms with Crippen molar-refractivity contribution in [1.29, 1.82) is 0 Å². The van der Waals surface area contributed by atoms with E-state index in [2.05, 4.69) is 34.3 Å². The number of morpholine rings is 1. The number of aromatic nitrogens is 1. The van der Waals surface area contributed by atoms with Gasteiger partial charge in [0.05, 0.1) is 18.8 Å². The van der Waals surface area contributed by atoms with Gasteiger partial charge in [-0.05, 0) is 36.8 Å². The van der Waals surface area contributed by atoms with E-state index in [1.165, 1.54) is 11.8 Å². The summed E-state index contributed by atoms with van der Waals surface area (Å²) in [7, 11) is 0. The van der Waals surface area contributed by atoms with Crippen LogP contribution in [0.3, 0.4) is 0 Å². The number of pyridine rings is 1. The Morgan fingerprint density at radius 3 is 2.54 bits per heavy atom. The average Bonchev–Trinajstić information content (AvgIpc) is 2.63. The summed E-state index contributed by atoms with van der Waals surface area (Å²) in [4.78, 5) is 18.5. The van der Waals surface area contributed by atoms with Crippen molar-refractivity contribution in [3.8, 4) is 0 Å². The van der Waals surface area contributed by atoms with Gasteiger partial charge in [0.1, 0.15) is 5.15 Å². The molecule has 2 heterocycles. The number of carbonyl (C=O) groups excluding carboxylic acids is 1. The summed E-state index contributed by atoms with van der Waals surface area (Å²) in [6.07, 6.45) is 1.46. The van der Waals surface area contributed by atoms with E-state index in [0.717, 1.165) is 32.0 Å². The standard InChI is InChI=1S/C18H20ClN3O2/c1-13(22-8-10-24-11-9-22)14-2-5-16(6-3-14)21-18(23)15-4-7-17(19)20-12-15/h2-7,12-13H,8-11H2,1H3,(H,21,23). The van der Waals surface area contributed by atoms with E-state index < -0.39 is 0 Å². The quantitative estimate of drug-likeness (QED) is 0.863. The third-order valence-corrected chi connectivity index (χ3v) is 4.46. The zero-order valence-corrected chi connectivity index (χ0v) is 14.3. The van der Waals surface area contributed by atoms with Crippen molar-refractivity contribution in [3.63, 3.8) is 0 Å². The van der Waals surface area contributed by atoms with E-state index in [-0.39, 0.29) is 5.91 Å². The normalized spacial score (nSPS) is 16.6. The van der Waals surface area contributed by atoms with Gasteiger partial charge in [0.2, 0.25) is 0 Å². The van der Waals surface area contributed by atoms with E-state index in [0.29, 0.717) is 16.8 Å². The van der Waals surface area contributed by atoms with Crippen LogP contribution in [0.5, 0.6) is 0 Å². The van der Waals surface area contributed by atoms with Gasteiger partial charge in [-0.1, -0.05) is 23.7 Å². The van der Waals surface area contributed by atoms with Gasteiger partial charge in [-0.3, -0.25) is 9.69 Å². The molecule has 126 valence electrons. The molecule has 1 fully saturated rings. The van der Waals surface area contributed by atoms with Gasteiger partial charge in [0.25, 0.3) is 5.91 Å². The van der Waals surface area contributed by atoms with Crippen molar-refractivity contribution in [3.05, 3.63) is 58.9 Å². The summed E-state index contributed by atoms with van der Waals surface area (Å²) in [5, 5.41) is 3.24. The summed E-state index contributed by atoms with van der Waals surface area (Å²) in [6.45, 7) is 5.66. The van der Waals surface area contributed by atoms with Crippen LogP contribution in [0.25, 0.3) is 0 Å². The number of anilines is 1. The van der Waals surface area contributed by atoms with Crippen LogP contribution in [-0.4, -0.2) is 42.1 Å². The molecule has 1 amide bonds. The second-order valence-electron chi connectivity index (χ2n) is 5.77. The summed E-state index contributed by atoms with van der Waals surface area (Å²) >= 11 is 5.73. The van der Waals surface area contributed by atoms with Gasteiger partial charge in [0, 0.05) is 31.0 Å². The monoisotopic (exact) mass is 345 g/mol. The Hall–Kier alpha value is -1.95. The van der Waals surface area contributed by atoms with E-state index >= 15 is 0 Å². The lowest BCUT2D eigenvalue weighted by Crippen LogP contribution is -2.37. The van der Waals surface area contributed by atoms with Crippen molar-refractivity contribution in [2.45, 2.75) is 13.0 Å². The number of nitrogens with one attached hydrogen (secondary N) is 1. The van der Waals surface area contributed by atoms with Crippen LogP contribution in [0.1, 0.15) is 28.9 Å². The van der Waals surface area contributed by atoms with Gasteiger partial charge < -0.3 is 10.1 Å². The average molecular weight is 346 g/mol. The number of rotatable bonds is 4. The minimum Gasteiger partial charge on any atom is -0.379 e. The number of amides is 1. The smallest absolute Gasteiger partial charge is 0.257 e. The van der Waals surface area contributed by atoms with Crippen LogP contribution in [0.15, 0.2) is 42.6 Å². The molecular formula is C18H20ClN3O2. The van der Waals surface area contributed by atoms with Crippen LogP contribution < -0.4 is 5.32 Å². The molecule has 0 aliphatic carbocycles. The Morgan fingerprint density at radius 1 is 1.21 bits per heavy atom. The van der Waals surface area contributed by atoms with Crippen molar-refractivity contribution in [2.24, 2.45) is 0 Å². The number of benzene rings is 1. The van der Waals surface area contributed by atoms with Crippen LogP contribution >= 0.6 is 11.6 Å². The molecule has 1 aliphatic heterocycles. The number of carbonyl (C=O) groups is 1. The molecule has 0 bridgehead atoms. The van der Waals surface area contributed by atoms with Crippen LogP contribution in [0, 0.1) is 0 Å². The van der Waals surface area contributed by atoms with Gasteiger partial charge in [-0.25, -0.2) is 4.98 Å². The Bertz CT molecular complexity index is 682. The number of nitrogens with zero attached hydrogens (tertiary/aromatic N) is 2. The minimum atomic E-state index is -0.201. The summed E-state index contributed by atoms with van der Waals surface area (Å²) in [6, 6.07) is 11.5. The van der Waals surface area contributed by atoms with Gasteiger partial charge >= 0.3 is 0 Å². The molecule has 1 atom stereocenters. The number of hydrogen-bond acceptors (Lipinski definition) is 4. The predicted molar refractivity (Wildman–Crippen MR) is 94.4 cm³/mol. The van der Waals surface area contributed by atoms with Gasteiger partial charge in [-0.15, -0.1) is 0 Å². The molecule has 0 saturated carbocycles. The summed E-state index contributed by atoms with van der Waals surface area (Å²) in [5.41, 5.74) is 2.46. The van der Waals surface area contributed by atoms with Crippen molar-refractivity contribution >= 4 is 23.2 Å². The lowest BCUT2D eigenvalue weighted by Gasteiger charge is -2.32. The zero-order chi connectivity index (χ0) is 16.9. The maximum Gasteiger partial charge on any atom is 0.257 e. The highest BCUT2D eigenvalue weighted by atomic mass is 35.5. The first-order valence-corrected chi connectivity index (χ1v) is 8.36. The van der Waals surface area contributed by atoms with E-state index in [4.69, 9.17) is 16.3 Å². The highest BCUT2D eigenvalue weighted by Crippen LogP contribution is 2.23. The lowest BCUT2D eigenvalue weighted by molar-refractivity contribution is 0.0198. The predicted octanol–water partition coefficient (Wildman–Crippen LogP) is 3.38. The molecule has 0 spiro atoms. The van der Waals surface area contributed by atoms with Crippen molar-refractivity contribution in [2.75, 3.05) is 31.6 Å². The van der Waals surface area contributed by atoms with Gasteiger partial charge in [-0.2, -0.15) is 0 Å². The molecule has 24 heavy (non-hydrogen) atoms. The fourth-order valence-electron chi connectivity index (χ4n) is 2.73. The van der Waals surface area contributed by atoms with E-state index in [1.807, 2.05) is 12.1 Å². The summed E-state index contributed by atoms with van der Waals surface area (Å²) < 4.78 is 5.40. The zero-order valence-electron chi connectivity index (χ0n) is 13.5. The minimum absolute atomic E-state index is 0.201. The van der Waals surface area contributed by atoms with Crippen molar-refractivity contribution in [1.82, 2.24) is 9.88 Å². The first kappa shape index (κ1) is 16.9. The van der Waals surface area contributed by atoms with Crippen molar-refractivity contribution < 1.29 is 9.53 Å². The fraction of sp³-hybridized carbons (Fsp3) is 0.333. The van der Waals surface area contributed by atoms with E-state index in [1.54, 1.807) is 12.1 Å². The second-order valence-corrected chi connectivity index (χ2v) is 6.16. The number of ether oxygens (including phenoxy) is 1. The molecule has 6 heteroatoms. The Kier molecular flexibility index (Phi) is 5.45. The molecule has 2 aromatic rings. The maximum absolute atomic E-state index is 12.2. The molecule has 5 nitrogen and oxygen atoms in total. The third-order valence-electron chi connectivity index (χ3n) is 4.23. The van der Waals surface area contributed by atoms with Gasteiger partial charge in [0.15, 0.2) is 0 Å².